The molecule has 3 rings (SSSR count). The molecule has 7 heteroatoms. The lowest BCUT2D eigenvalue weighted by Gasteiger charge is -2.25. The minimum absolute atomic E-state index is 0.0624. The number of para-hydroxylation sites is 1. The summed E-state index contributed by atoms with van der Waals surface area (Å²) in [5.41, 5.74) is 2.60. The van der Waals surface area contributed by atoms with Crippen LogP contribution in [0, 0.1) is 0 Å². The van der Waals surface area contributed by atoms with Crippen molar-refractivity contribution < 1.29 is 13.2 Å². The zero-order valence-corrected chi connectivity index (χ0v) is 16.5. The first-order valence-corrected chi connectivity index (χ1v) is 10.5. The van der Waals surface area contributed by atoms with Crippen LogP contribution < -0.4 is 14.4 Å². The van der Waals surface area contributed by atoms with Crippen molar-refractivity contribution in [2.24, 2.45) is 0 Å². The van der Waals surface area contributed by atoms with Gasteiger partial charge in [-0.1, -0.05) is 29.8 Å². The van der Waals surface area contributed by atoms with E-state index in [0.717, 1.165) is 13.0 Å². The van der Waals surface area contributed by atoms with Crippen molar-refractivity contribution in [3.8, 4) is 5.75 Å². The molecular weight excluding hydrogens is 372 g/mol. The van der Waals surface area contributed by atoms with Crippen LogP contribution in [-0.2, 0) is 16.4 Å². The summed E-state index contributed by atoms with van der Waals surface area (Å²) in [5.74, 6) is 0.281. The lowest BCUT2D eigenvalue weighted by atomic mass is 10.1. The van der Waals surface area contributed by atoms with E-state index in [-0.39, 0.29) is 10.6 Å². The van der Waals surface area contributed by atoms with Gasteiger partial charge < -0.3 is 9.64 Å². The highest BCUT2D eigenvalue weighted by molar-refractivity contribution is 7.89. The van der Waals surface area contributed by atoms with Gasteiger partial charge in [-0.25, -0.2) is 13.1 Å². The molecule has 0 unspecified atom stereocenters. The van der Waals surface area contributed by atoms with Crippen LogP contribution in [0.3, 0.4) is 0 Å². The maximum absolute atomic E-state index is 12.6. The Morgan fingerprint density at radius 2 is 2.04 bits per heavy atom. The van der Waals surface area contributed by atoms with E-state index in [9.17, 15) is 8.42 Å². The molecule has 1 atom stereocenters. The summed E-state index contributed by atoms with van der Waals surface area (Å²) in [6.45, 7) is 3.35. The van der Waals surface area contributed by atoms with Gasteiger partial charge in [0.25, 0.3) is 0 Å². The molecule has 0 fully saturated rings. The summed E-state index contributed by atoms with van der Waals surface area (Å²) in [6, 6.07) is 13.4. The van der Waals surface area contributed by atoms with Crippen molar-refractivity contribution in [3.63, 3.8) is 0 Å². The monoisotopic (exact) mass is 394 g/mol. The van der Waals surface area contributed by atoms with Crippen LogP contribution in [0.5, 0.6) is 5.75 Å². The van der Waals surface area contributed by atoms with E-state index in [4.69, 9.17) is 16.3 Å². The first-order valence-electron chi connectivity index (χ1n) is 8.60. The molecule has 140 valence electrons. The molecule has 0 saturated heterocycles. The quantitative estimate of drug-likeness (QED) is 0.730. The second-order valence-electron chi connectivity index (χ2n) is 6.42. The SMILES string of the molecule is COc1ccc(Cl)cc1S(=O)(=O)NCCCN1c2ccccc2C[C@H]1C. The van der Waals surface area contributed by atoms with Crippen molar-refractivity contribution in [1.29, 1.82) is 0 Å². The molecule has 0 radical (unpaired) electrons. The van der Waals surface area contributed by atoms with E-state index in [1.807, 2.05) is 6.07 Å². The highest BCUT2D eigenvalue weighted by atomic mass is 35.5. The molecule has 0 spiro atoms. The number of hydrogen-bond donors (Lipinski definition) is 1. The highest BCUT2D eigenvalue weighted by Crippen LogP contribution is 2.31. The molecule has 1 heterocycles. The average molecular weight is 395 g/mol. The van der Waals surface area contributed by atoms with E-state index in [1.54, 1.807) is 12.1 Å². The maximum Gasteiger partial charge on any atom is 0.244 e. The largest absolute Gasteiger partial charge is 0.495 e. The Labute approximate surface area is 160 Å². The number of methoxy groups -OCH3 is 1. The Balaban J connectivity index is 1.61. The third-order valence-corrected chi connectivity index (χ3v) is 6.35. The fourth-order valence-electron chi connectivity index (χ4n) is 3.36. The summed E-state index contributed by atoms with van der Waals surface area (Å²) in [4.78, 5) is 2.40. The fraction of sp³-hybridized carbons (Fsp3) is 0.368. The number of fused-ring (bicyclic) bond motifs is 1. The molecule has 1 N–H and O–H groups in total. The van der Waals surface area contributed by atoms with Crippen LogP contribution in [0.4, 0.5) is 5.69 Å². The van der Waals surface area contributed by atoms with E-state index in [1.165, 1.54) is 24.4 Å². The molecule has 1 aliphatic heterocycles. The van der Waals surface area contributed by atoms with Gasteiger partial charge in [0.05, 0.1) is 7.11 Å². The van der Waals surface area contributed by atoms with Crippen LogP contribution in [0.1, 0.15) is 18.9 Å². The highest BCUT2D eigenvalue weighted by Gasteiger charge is 2.25. The Hall–Kier alpha value is -1.76. The number of rotatable bonds is 7. The number of nitrogens with one attached hydrogen (secondary N) is 1. The number of nitrogens with zero attached hydrogens (tertiary/aromatic N) is 1. The number of halogens is 1. The number of ether oxygens (including phenoxy) is 1. The standard InChI is InChI=1S/C19H23ClN2O3S/c1-14-12-15-6-3-4-7-17(15)22(14)11-5-10-21-26(23,24)19-13-16(20)8-9-18(19)25-2/h3-4,6-9,13-14,21H,5,10-12H2,1-2H3/t14-/m1/s1. The zero-order valence-electron chi connectivity index (χ0n) is 14.9. The molecule has 2 aromatic rings. The normalized spacial score (nSPS) is 16.6. The van der Waals surface area contributed by atoms with Crippen LogP contribution in [0.25, 0.3) is 0 Å². The van der Waals surface area contributed by atoms with E-state index in [0.29, 0.717) is 24.0 Å². The van der Waals surface area contributed by atoms with E-state index < -0.39 is 10.0 Å². The summed E-state index contributed by atoms with van der Waals surface area (Å²) < 4.78 is 32.9. The van der Waals surface area contributed by atoms with E-state index in [2.05, 4.69) is 34.7 Å². The predicted molar refractivity (Wildman–Crippen MR) is 105 cm³/mol. The summed E-state index contributed by atoms with van der Waals surface area (Å²) in [6.07, 6.45) is 1.74. The Bertz CT molecular complexity index is 886. The minimum atomic E-state index is -3.67. The summed E-state index contributed by atoms with van der Waals surface area (Å²) in [7, 11) is -2.23. The summed E-state index contributed by atoms with van der Waals surface area (Å²) >= 11 is 5.94. The molecule has 0 saturated carbocycles. The second-order valence-corrected chi connectivity index (χ2v) is 8.59. The summed E-state index contributed by atoms with van der Waals surface area (Å²) in [5, 5.41) is 0.355. The van der Waals surface area contributed by atoms with Crippen LogP contribution in [-0.4, -0.2) is 34.7 Å². The number of anilines is 1. The van der Waals surface area contributed by atoms with Crippen molar-refractivity contribution in [1.82, 2.24) is 4.72 Å². The molecule has 26 heavy (non-hydrogen) atoms. The number of hydrogen-bond acceptors (Lipinski definition) is 4. The van der Waals surface area contributed by atoms with Gasteiger partial charge in [0.1, 0.15) is 10.6 Å². The smallest absolute Gasteiger partial charge is 0.244 e. The van der Waals surface area contributed by atoms with Crippen LogP contribution in [0.2, 0.25) is 5.02 Å². The van der Waals surface area contributed by atoms with Crippen LogP contribution >= 0.6 is 11.6 Å². The van der Waals surface area contributed by atoms with Crippen molar-refractivity contribution in [2.75, 3.05) is 25.1 Å². The topological polar surface area (TPSA) is 58.6 Å². The Morgan fingerprint density at radius 3 is 2.81 bits per heavy atom. The first-order chi connectivity index (χ1) is 12.4. The second kappa shape index (κ2) is 7.86. The third-order valence-electron chi connectivity index (χ3n) is 4.63. The lowest BCUT2D eigenvalue weighted by molar-refractivity contribution is 0.402. The first kappa shape index (κ1) is 19.0. The van der Waals surface area contributed by atoms with Gasteiger partial charge in [-0.15, -0.1) is 0 Å². The Morgan fingerprint density at radius 1 is 1.27 bits per heavy atom. The molecule has 0 aliphatic carbocycles. The third kappa shape index (κ3) is 3.98. The van der Waals surface area contributed by atoms with Gasteiger partial charge in [0.2, 0.25) is 10.0 Å². The van der Waals surface area contributed by atoms with E-state index >= 15 is 0 Å². The molecule has 1 aliphatic rings. The zero-order chi connectivity index (χ0) is 18.7. The Kier molecular flexibility index (Phi) is 5.75. The van der Waals surface area contributed by atoms with Gasteiger partial charge in [0, 0.05) is 29.8 Å². The fourth-order valence-corrected chi connectivity index (χ4v) is 4.87. The van der Waals surface area contributed by atoms with Gasteiger partial charge in [0.15, 0.2) is 0 Å². The predicted octanol–water partition coefficient (Wildman–Crippen LogP) is 3.47. The van der Waals surface area contributed by atoms with Gasteiger partial charge in [-0.3, -0.25) is 0 Å². The van der Waals surface area contributed by atoms with Crippen LogP contribution in [0.15, 0.2) is 47.4 Å². The molecule has 0 aromatic heterocycles. The molecule has 0 amide bonds. The van der Waals surface area contributed by atoms with Gasteiger partial charge >= 0.3 is 0 Å². The minimum Gasteiger partial charge on any atom is -0.495 e. The molecule has 5 nitrogen and oxygen atoms in total. The van der Waals surface area contributed by atoms with Crippen molar-refractivity contribution in [2.45, 2.75) is 30.7 Å². The van der Waals surface area contributed by atoms with Gasteiger partial charge in [-0.2, -0.15) is 0 Å². The van der Waals surface area contributed by atoms with Crippen molar-refractivity contribution >= 4 is 27.3 Å². The number of sulfonamides is 1. The molecule has 2 aromatic carbocycles. The number of benzene rings is 2. The van der Waals surface area contributed by atoms with Gasteiger partial charge in [-0.05, 0) is 49.6 Å². The molecule has 0 bridgehead atoms. The maximum atomic E-state index is 12.6. The van der Waals surface area contributed by atoms with Crippen molar-refractivity contribution in [3.05, 3.63) is 53.1 Å². The molecular formula is C19H23ClN2O3S. The average Bonchev–Trinajstić information content (AvgIpc) is 2.94. The lowest BCUT2D eigenvalue weighted by Crippen LogP contribution is -2.33.